The summed E-state index contributed by atoms with van der Waals surface area (Å²) in [5.41, 5.74) is 1.90. The second kappa shape index (κ2) is 8.96. The molecule has 2 aromatic carbocycles. The third-order valence-electron chi connectivity index (χ3n) is 4.21. The van der Waals surface area contributed by atoms with Gasteiger partial charge >= 0.3 is 6.09 Å². The SMILES string of the molecule is COc1ccc(/C=N/C(=C\N2C(=O)OC[C@@H]2c2ccccc2)O[Si](C)(C)C)cc1. The first-order chi connectivity index (χ1) is 13.9. The van der Waals surface area contributed by atoms with Gasteiger partial charge in [0.1, 0.15) is 12.4 Å². The van der Waals surface area contributed by atoms with Crippen LogP contribution in [0.1, 0.15) is 17.2 Å². The number of carbonyl (C=O) groups is 1. The van der Waals surface area contributed by atoms with E-state index in [1.54, 1.807) is 24.4 Å². The monoisotopic (exact) mass is 410 g/mol. The Balaban J connectivity index is 1.88. The molecular weight excluding hydrogens is 384 g/mol. The number of amides is 1. The Labute approximate surface area is 172 Å². The fraction of sp³-hybridized carbons (Fsp3) is 0.273. The van der Waals surface area contributed by atoms with Gasteiger partial charge in [-0.3, -0.25) is 4.90 Å². The van der Waals surface area contributed by atoms with E-state index in [-0.39, 0.29) is 6.04 Å². The lowest BCUT2D eigenvalue weighted by Crippen LogP contribution is -2.27. The molecule has 0 N–H and O–H groups in total. The van der Waals surface area contributed by atoms with Crippen LogP contribution in [0.2, 0.25) is 19.6 Å². The number of hydrogen-bond donors (Lipinski definition) is 0. The minimum absolute atomic E-state index is 0.208. The zero-order valence-corrected chi connectivity index (χ0v) is 18.2. The number of hydrogen-bond acceptors (Lipinski definition) is 5. The molecule has 0 bridgehead atoms. The number of methoxy groups -OCH3 is 1. The fourth-order valence-electron chi connectivity index (χ4n) is 2.85. The standard InChI is InChI=1S/C22H26N2O4Si/c1-26-19-12-10-17(11-13-19)14-23-21(28-29(2,3)4)15-24-20(16-27-22(24)25)18-8-6-5-7-9-18/h5-15,20H,16H2,1-4H3/b21-15+,23-14+/t20-/m1/s1. The lowest BCUT2D eigenvalue weighted by Gasteiger charge is -2.22. The Morgan fingerprint density at radius 3 is 2.45 bits per heavy atom. The van der Waals surface area contributed by atoms with E-state index < -0.39 is 14.4 Å². The van der Waals surface area contributed by atoms with Crippen LogP contribution < -0.4 is 4.74 Å². The van der Waals surface area contributed by atoms with E-state index >= 15 is 0 Å². The van der Waals surface area contributed by atoms with E-state index in [1.165, 1.54) is 0 Å². The van der Waals surface area contributed by atoms with Crippen LogP contribution in [0.3, 0.4) is 0 Å². The Hall–Kier alpha value is -3.06. The minimum atomic E-state index is -1.95. The molecule has 0 spiro atoms. The molecule has 152 valence electrons. The third-order valence-corrected chi connectivity index (χ3v) is 5.03. The van der Waals surface area contributed by atoms with Crippen molar-refractivity contribution in [3.05, 3.63) is 77.8 Å². The molecule has 2 aromatic rings. The fourth-order valence-corrected chi connectivity index (χ4v) is 3.59. The van der Waals surface area contributed by atoms with E-state index in [2.05, 4.69) is 24.6 Å². The predicted molar refractivity (Wildman–Crippen MR) is 115 cm³/mol. The van der Waals surface area contributed by atoms with E-state index in [1.807, 2.05) is 54.6 Å². The summed E-state index contributed by atoms with van der Waals surface area (Å²) in [7, 11) is -0.320. The van der Waals surface area contributed by atoms with Crippen molar-refractivity contribution in [2.24, 2.45) is 4.99 Å². The smallest absolute Gasteiger partial charge is 0.414 e. The number of aliphatic imine (C=N–C) groups is 1. The average molecular weight is 411 g/mol. The van der Waals surface area contributed by atoms with Crippen molar-refractivity contribution < 1.29 is 18.7 Å². The van der Waals surface area contributed by atoms with Gasteiger partial charge in [-0.05, 0) is 55.0 Å². The topological polar surface area (TPSA) is 60.4 Å². The molecule has 1 fully saturated rings. The maximum atomic E-state index is 12.4. The van der Waals surface area contributed by atoms with Crippen molar-refractivity contribution in [3.8, 4) is 5.75 Å². The summed E-state index contributed by atoms with van der Waals surface area (Å²) in [5.74, 6) is 1.17. The van der Waals surface area contributed by atoms with Gasteiger partial charge in [0.25, 0.3) is 0 Å². The Morgan fingerprint density at radius 1 is 1.14 bits per heavy atom. The highest BCUT2D eigenvalue weighted by atomic mass is 28.4. The molecule has 1 aliphatic rings. The molecule has 0 unspecified atom stereocenters. The van der Waals surface area contributed by atoms with Crippen LogP contribution in [0, 0.1) is 0 Å². The van der Waals surface area contributed by atoms with Crippen molar-refractivity contribution in [1.82, 2.24) is 4.90 Å². The zero-order chi connectivity index (χ0) is 20.9. The van der Waals surface area contributed by atoms with Crippen molar-refractivity contribution in [3.63, 3.8) is 0 Å². The predicted octanol–water partition coefficient (Wildman–Crippen LogP) is 4.96. The first-order valence-electron chi connectivity index (χ1n) is 9.45. The summed E-state index contributed by atoms with van der Waals surface area (Å²) in [6.45, 7) is 6.50. The van der Waals surface area contributed by atoms with Gasteiger partial charge in [-0.25, -0.2) is 9.79 Å². The van der Waals surface area contributed by atoms with Gasteiger partial charge in [-0.15, -0.1) is 0 Å². The van der Waals surface area contributed by atoms with Crippen LogP contribution in [0.5, 0.6) is 5.75 Å². The van der Waals surface area contributed by atoms with Gasteiger partial charge in [0.15, 0.2) is 0 Å². The van der Waals surface area contributed by atoms with Crippen LogP contribution >= 0.6 is 0 Å². The molecule has 0 saturated carbocycles. The lowest BCUT2D eigenvalue weighted by atomic mass is 10.1. The second-order valence-electron chi connectivity index (χ2n) is 7.62. The van der Waals surface area contributed by atoms with Crippen molar-refractivity contribution >= 4 is 20.6 Å². The van der Waals surface area contributed by atoms with Crippen molar-refractivity contribution in [2.75, 3.05) is 13.7 Å². The number of carbonyl (C=O) groups excluding carboxylic acids is 1. The molecule has 0 radical (unpaired) electrons. The molecule has 1 aliphatic heterocycles. The Bertz CT molecular complexity index is 889. The summed E-state index contributed by atoms with van der Waals surface area (Å²) < 4.78 is 16.6. The van der Waals surface area contributed by atoms with Gasteiger partial charge < -0.3 is 13.9 Å². The largest absolute Gasteiger partial charge is 0.530 e. The zero-order valence-electron chi connectivity index (χ0n) is 17.2. The van der Waals surface area contributed by atoms with E-state index in [9.17, 15) is 4.79 Å². The van der Waals surface area contributed by atoms with E-state index in [0.29, 0.717) is 12.5 Å². The summed E-state index contributed by atoms with van der Waals surface area (Å²) in [6, 6.07) is 17.1. The number of ether oxygens (including phenoxy) is 2. The summed E-state index contributed by atoms with van der Waals surface area (Å²) in [5, 5.41) is 0. The molecule has 1 saturated heterocycles. The van der Waals surface area contributed by atoms with Crippen molar-refractivity contribution in [1.29, 1.82) is 0 Å². The van der Waals surface area contributed by atoms with Crippen LogP contribution in [-0.2, 0) is 9.16 Å². The minimum Gasteiger partial charge on any atom is -0.530 e. The second-order valence-corrected chi connectivity index (χ2v) is 12.1. The van der Waals surface area contributed by atoms with Crippen LogP contribution in [0.4, 0.5) is 4.79 Å². The number of cyclic esters (lactones) is 1. The van der Waals surface area contributed by atoms with Crippen LogP contribution in [0.15, 0.2) is 71.7 Å². The molecule has 6 nitrogen and oxygen atoms in total. The molecule has 0 aliphatic carbocycles. The van der Waals surface area contributed by atoms with Gasteiger partial charge in [0, 0.05) is 6.21 Å². The highest BCUT2D eigenvalue weighted by Crippen LogP contribution is 2.29. The van der Waals surface area contributed by atoms with Gasteiger partial charge in [0.2, 0.25) is 14.2 Å². The molecule has 29 heavy (non-hydrogen) atoms. The molecule has 7 heteroatoms. The number of rotatable bonds is 7. The summed E-state index contributed by atoms with van der Waals surface area (Å²) in [4.78, 5) is 18.4. The van der Waals surface area contributed by atoms with Crippen LogP contribution in [0.25, 0.3) is 0 Å². The number of nitrogens with zero attached hydrogens (tertiary/aromatic N) is 2. The maximum Gasteiger partial charge on any atom is 0.414 e. The average Bonchev–Trinajstić information content (AvgIpc) is 3.06. The molecule has 1 amide bonds. The van der Waals surface area contributed by atoms with Gasteiger partial charge in [-0.2, -0.15) is 0 Å². The first kappa shape index (κ1) is 20.7. The normalized spacial score (nSPS) is 17.5. The maximum absolute atomic E-state index is 12.4. The van der Waals surface area contributed by atoms with E-state index in [4.69, 9.17) is 13.9 Å². The first-order valence-corrected chi connectivity index (χ1v) is 12.9. The van der Waals surface area contributed by atoms with Crippen molar-refractivity contribution in [2.45, 2.75) is 25.7 Å². The van der Waals surface area contributed by atoms with Gasteiger partial charge in [-0.1, -0.05) is 30.3 Å². The molecule has 3 rings (SSSR count). The Kier molecular flexibility index (Phi) is 6.38. The quantitative estimate of drug-likeness (QED) is 0.368. The lowest BCUT2D eigenvalue weighted by molar-refractivity contribution is 0.165. The molecule has 0 aromatic heterocycles. The third kappa shape index (κ3) is 5.71. The highest BCUT2D eigenvalue weighted by molar-refractivity contribution is 6.70. The Morgan fingerprint density at radius 2 is 1.83 bits per heavy atom. The highest BCUT2D eigenvalue weighted by Gasteiger charge is 2.34. The summed E-state index contributed by atoms with van der Waals surface area (Å²) in [6.07, 6.45) is 2.95. The van der Waals surface area contributed by atoms with Gasteiger partial charge in [0.05, 0.1) is 19.4 Å². The molecule has 1 heterocycles. The molecule has 1 atom stereocenters. The number of benzene rings is 2. The van der Waals surface area contributed by atoms with E-state index in [0.717, 1.165) is 16.9 Å². The summed E-state index contributed by atoms with van der Waals surface area (Å²) >= 11 is 0. The van der Waals surface area contributed by atoms with Crippen LogP contribution in [-0.4, -0.2) is 39.2 Å². The molecular formula is C22H26N2O4Si.